The van der Waals surface area contributed by atoms with Crippen molar-refractivity contribution in [2.45, 2.75) is 26.4 Å². The van der Waals surface area contributed by atoms with E-state index in [-0.39, 0.29) is 30.0 Å². The van der Waals surface area contributed by atoms with Gasteiger partial charge in [-0.25, -0.2) is 4.39 Å². The quantitative estimate of drug-likeness (QED) is 0.813. The molecule has 2 atom stereocenters. The first-order valence-electron chi connectivity index (χ1n) is 6.46. The van der Waals surface area contributed by atoms with Crippen LogP contribution in [0.3, 0.4) is 0 Å². The number of carbonyl (C=O) groups is 1. The van der Waals surface area contributed by atoms with E-state index in [0.29, 0.717) is 5.75 Å². The largest absolute Gasteiger partial charge is 0.484 e. The Morgan fingerprint density at radius 3 is 2.85 bits per heavy atom. The molecule has 0 aliphatic carbocycles. The average Bonchev–Trinajstić information content (AvgIpc) is 2.45. The summed E-state index contributed by atoms with van der Waals surface area (Å²) in [5.41, 5.74) is 0. The molecule has 2 N–H and O–H groups in total. The Morgan fingerprint density at radius 1 is 1.55 bits per heavy atom. The van der Waals surface area contributed by atoms with Gasteiger partial charge in [-0.3, -0.25) is 4.79 Å². The van der Waals surface area contributed by atoms with Crippen LogP contribution in [0.1, 0.15) is 20.3 Å². The first-order chi connectivity index (χ1) is 9.43. The fourth-order valence-electron chi connectivity index (χ4n) is 1.46. The minimum atomic E-state index is -0.579. The highest BCUT2D eigenvalue weighted by atomic mass is 35.5. The SMILES string of the molecule is CCC(C)C(O)CNC(=O)COc1ccc(F)c(Cl)c1. The predicted molar refractivity (Wildman–Crippen MR) is 75.4 cm³/mol. The van der Waals surface area contributed by atoms with Crippen LogP contribution < -0.4 is 10.1 Å². The molecule has 0 bridgehead atoms. The monoisotopic (exact) mass is 303 g/mol. The molecule has 1 aromatic rings. The van der Waals surface area contributed by atoms with Crippen molar-refractivity contribution in [1.82, 2.24) is 5.32 Å². The van der Waals surface area contributed by atoms with Crippen LogP contribution in [0, 0.1) is 11.7 Å². The van der Waals surface area contributed by atoms with Gasteiger partial charge >= 0.3 is 0 Å². The summed E-state index contributed by atoms with van der Waals surface area (Å²) in [6.07, 6.45) is 0.256. The lowest BCUT2D eigenvalue weighted by Gasteiger charge is -2.17. The van der Waals surface area contributed by atoms with E-state index in [9.17, 15) is 14.3 Å². The third kappa shape index (κ3) is 5.35. The van der Waals surface area contributed by atoms with Gasteiger partial charge in [0.15, 0.2) is 6.61 Å². The molecule has 0 saturated carbocycles. The minimum absolute atomic E-state index is 0.0601. The molecule has 0 aromatic heterocycles. The highest BCUT2D eigenvalue weighted by molar-refractivity contribution is 6.30. The molecule has 1 rings (SSSR count). The summed E-state index contributed by atoms with van der Waals surface area (Å²) >= 11 is 5.59. The minimum Gasteiger partial charge on any atom is -0.484 e. The Hall–Kier alpha value is -1.33. The van der Waals surface area contributed by atoms with Crippen molar-refractivity contribution in [2.24, 2.45) is 5.92 Å². The molecule has 112 valence electrons. The van der Waals surface area contributed by atoms with Crippen LogP contribution in [0.5, 0.6) is 5.75 Å². The van der Waals surface area contributed by atoms with Gasteiger partial charge in [0, 0.05) is 12.6 Å². The predicted octanol–water partition coefficient (Wildman–Crippen LogP) is 2.38. The van der Waals surface area contributed by atoms with Crippen molar-refractivity contribution in [3.8, 4) is 5.75 Å². The molecular weight excluding hydrogens is 285 g/mol. The fourth-order valence-corrected chi connectivity index (χ4v) is 1.63. The van der Waals surface area contributed by atoms with Gasteiger partial charge in [-0.05, 0) is 18.1 Å². The molecule has 0 spiro atoms. The first kappa shape index (κ1) is 16.7. The lowest BCUT2D eigenvalue weighted by molar-refractivity contribution is -0.123. The van der Waals surface area contributed by atoms with Crippen LogP contribution in [-0.4, -0.2) is 30.3 Å². The van der Waals surface area contributed by atoms with Crippen LogP contribution in [0.25, 0.3) is 0 Å². The Labute approximate surface area is 122 Å². The zero-order valence-corrected chi connectivity index (χ0v) is 12.3. The Kier molecular flexibility index (Phi) is 6.75. The van der Waals surface area contributed by atoms with Gasteiger partial charge in [-0.2, -0.15) is 0 Å². The molecule has 0 radical (unpaired) electrons. The highest BCUT2D eigenvalue weighted by Crippen LogP contribution is 2.20. The van der Waals surface area contributed by atoms with E-state index >= 15 is 0 Å². The standard InChI is InChI=1S/C14H19ClFNO3/c1-3-9(2)13(18)7-17-14(19)8-20-10-4-5-12(16)11(15)6-10/h4-6,9,13,18H,3,7-8H2,1-2H3,(H,17,19). The van der Waals surface area contributed by atoms with Crippen LogP contribution in [-0.2, 0) is 4.79 Å². The number of hydrogen-bond acceptors (Lipinski definition) is 3. The maximum Gasteiger partial charge on any atom is 0.258 e. The van der Waals surface area contributed by atoms with E-state index in [1.807, 2.05) is 13.8 Å². The average molecular weight is 304 g/mol. The van der Waals surface area contributed by atoms with Crippen molar-refractivity contribution in [3.05, 3.63) is 29.0 Å². The van der Waals surface area contributed by atoms with E-state index < -0.39 is 11.9 Å². The normalized spacial score (nSPS) is 13.7. The molecule has 0 fully saturated rings. The lowest BCUT2D eigenvalue weighted by Crippen LogP contribution is -2.37. The summed E-state index contributed by atoms with van der Waals surface area (Å²) in [6, 6.07) is 3.86. The highest BCUT2D eigenvalue weighted by Gasteiger charge is 2.13. The zero-order chi connectivity index (χ0) is 15.1. The molecule has 1 amide bonds. The fraction of sp³-hybridized carbons (Fsp3) is 0.500. The molecule has 6 heteroatoms. The second-order valence-corrected chi connectivity index (χ2v) is 5.03. The summed E-state index contributed by atoms with van der Waals surface area (Å²) in [4.78, 5) is 11.5. The Balaban J connectivity index is 2.34. The summed E-state index contributed by atoms with van der Waals surface area (Å²) in [7, 11) is 0. The molecule has 4 nitrogen and oxygen atoms in total. The van der Waals surface area contributed by atoms with Crippen molar-refractivity contribution >= 4 is 17.5 Å². The van der Waals surface area contributed by atoms with Crippen LogP contribution in [0.15, 0.2) is 18.2 Å². The number of rotatable bonds is 7. The summed E-state index contributed by atoms with van der Waals surface area (Å²) in [6.45, 7) is 3.85. The van der Waals surface area contributed by atoms with Crippen LogP contribution in [0.2, 0.25) is 5.02 Å². The maximum atomic E-state index is 12.9. The van der Waals surface area contributed by atoms with Gasteiger partial charge in [-0.15, -0.1) is 0 Å². The number of benzene rings is 1. The van der Waals surface area contributed by atoms with E-state index in [4.69, 9.17) is 16.3 Å². The summed E-state index contributed by atoms with van der Waals surface area (Å²) < 4.78 is 18.1. The number of halogens is 2. The van der Waals surface area contributed by atoms with Gasteiger partial charge in [0.25, 0.3) is 5.91 Å². The molecule has 1 aromatic carbocycles. The number of carbonyl (C=O) groups excluding carboxylic acids is 1. The topological polar surface area (TPSA) is 58.6 Å². The number of aliphatic hydroxyl groups excluding tert-OH is 1. The van der Waals surface area contributed by atoms with Gasteiger partial charge in [0.05, 0.1) is 11.1 Å². The Bertz CT molecular complexity index is 456. The van der Waals surface area contributed by atoms with Gasteiger partial charge in [0.2, 0.25) is 0 Å². The summed E-state index contributed by atoms with van der Waals surface area (Å²) in [5, 5.41) is 12.2. The number of aliphatic hydroxyl groups is 1. The third-order valence-electron chi connectivity index (χ3n) is 3.07. The maximum absolute atomic E-state index is 12.9. The molecule has 0 heterocycles. The number of ether oxygens (including phenoxy) is 1. The van der Waals surface area contributed by atoms with Crippen LogP contribution in [0.4, 0.5) is 4.39 Å². The molecule has 2 unspecified atom stereocenters. The van der Waals surface area contributed by atoms with E-state index in [1.54, 1.807) is 0 Å². The second kappa shape index (κ2) is 8.07. The third-order valence-corrected chi connectivity index (χ3v) is 3.36. The van der Waals surface area contributed by atoms with Gasteiger partial charge in [-0.1, -0.05) is 31.9 Å². The summed E-state index contributed by atoms with van der Waals surface area (Å²) in [5.74, 6) is -0.464. The van der Waals surface area contributed by atoms with E-state index in [2.05, 4.69) is 5.32 Å². The molecule has 0 saturated heterocycles. The van der Waals surface area contributed by atoms with Gasteiger partial charge in [0.1, 0.15) is 11.6 Å². The van der Waals surface area contributed by atoms with E-state index in [1.165, 1.54) is 18.2 Å². The van der Waals surface area contributed by atoms with Crippen molar-refractivity contribution in [1.29, 1.82) is 0 Å². The molecule has 20 heavy (non-hydrogen) atoms. The van der Waals surface area contributed by atoms with Gasteiger partial charge < -0.3 is 15.2 Å². The van der Waals surface area contributed by atoms with Crippen molar-refractivity contribution in [2.75, 3.05) is 13.2 Å². The smallest absolute Gasteiger partial charge is 0.258 e. The number of nitrogens with one attached hydrogen (secondary N) is 1. The first-order valence-corrected chi connectivity index (χ1v) is 6.84. The number of hydrogen-bond donors (Lipinski definition) is 2. The zero-order valence-electron chi connectivity index (χ0n) is 11.5. The number of amides is 1. The molecule has 0 aliphatic heterocycles. The molecule has 0 aliphatic rings. The Morgan fingerprint density at radius 2 is 2.25 bits per heavy atom. The lowest BCUT2D eigenvalue weighted by atomic mass is 10.0. The molecular formula is C14H19ClFNO3. The van der Waals surface area contributed by atoms with E-state index in [0.717, 1.165) is 6.42 Å². The van der Waals surface area contributed by atoms with Crippen molar-refractivity contribution < 1.29 is 19.0 Å². The second-order valence-electron chi connectivity index (χ2n) is 4.62. The van der Waals surface area contributed by atoms with Crippen LogP contribution >= 0.6 is 11.6 Å². The van der Waals surface area contributed by atoms with Crippen molar-refractivity contribution in [3.63, 3.8) is 0 Å².